The average Bonchev–Trinajstić information content (AvgIpc) is 2.51. The number of amides is 1. The lowest BCUT2D eigenvalue weighted by Gasteiger charge is -2.35. The fourth-order valence-corrected chi connectivity index (χ4v) is 2.83. The molecule has 0 saturated heterocycles. The van der Waals surface area contributed by atoms with Crippen molar-refractivity contribution in [3.05, 3.63) is 71.8 Å². The van der Waals surface area contributed by atoms with Crippen LogP contribution in [0.1, 0.15) is 25.0 Å². The van der Waals surface area contributed by atoms with Gasteiger partial charge in [-0.2, -0.15) is 0 Å². The van der Waals surface area contributed by atoms with Gasteiger partial charge in [-0.05, 0) is 25.0 Å². The molecule has 0 aromatic heterocycles. The lowest BCUT2D eigenvalue weighted by Crippen LogP contribution is -2.57. The SMILES string of the molecule is CC1(C)NC(=O)C(Cc2ccccc2)N=C1c1ccccc1. The van der Waals surface area contributed by atoms with Crippen LogP contribution in [-0.2, 0) is 11.2 Å². The fraction of sp³-hybridized carbons (Fsp3) is 0.263. The lowest BCUT2D eigenvalue weighted by molar-refractivity contribution is -0.123. The van der Waals surface area contributed by atoms with Crippen LogP contribution < -0.4 is 5.32 Å². The molecule has 2 aromatic rings. The first-order valence-electron chi connectivity index (χ1n) is 7.56. The van der Waals surface area contributed by atoms with E-state index in [1.54, 1.807) is 0 Å². The van der Waals surface area contributed by atoms with Crippen molar-refractivity contribution in [2.24, 2.45) is 4.99 Å². The lowest BCUT2D eigenvalue weighted by atomic mass is 9.88. The first-order valence-corrected chi connectivity index (χ1v) is 7.56. The summed E-state index contributed by atoms with van der Waals surface area (Å²) >= 11 is 0. The Morgan fingerprint density at radius 3 is 2.23 bits per heavy atom. The van der Waals surface area contributed by atoms with Crippen LogP contribution in [-0.4, -0.2) is 23.2 Å². The van der Waals surface area contributed by atoms with Gasteiger partial charge in [0.2, 0.25) is 5.91 Å². The largest absolute Gasteiger partial charge is 0.344 e. The minimum atomic E-state index is -0.453. The van der Waals surface area contributed by atoms with Crippen molar-refractivity contribution in [3.63, 3.8) is 0 Å². The van der Waals surface area contributed by atoms with E-state index in [1.165, 1.54) is 0 Å². The number of hydrogen-bond donors (Lipinski definition) is 1. The number of carbonyl (C=O) groups is 1. The minimum Gasteiger partial charge on any atom is -0.344 e. The third kappa shape index (κ3) is 2.93. The molecule has 0 spiro atoms. The third-order valence-electron chi connectivity index (χ3n) is 3.93. The first kappa shape index (κ1) is 14.5. The summed E-state index contributed by atoms with van der Waals surface area (Å²) in [5.41, 5.74) is 2.67. The van der Waals surface area contributed by atoms with E-state index in [-0.39, 0.29) is 11.9 Å². The Hall–Kier alpha value is -2.42. The summed E-state index contributed by atoms with van der Waals surface area (Å²) in [6, 6.07) is 19.7. The van der Waals surface area contributed by atoms with E-state index in [0.717, 1.165) is 16.8 Å². The predicted molar refractivity (Wildman–Crippen MR) is 89.1 cm³/mol. The van der Waals surface area contributed by atoms with Gasteiger partial charge in [-0.15, -0.1) is 0 Å². The molecule has 3 nitrogen and oxygen atoms in total. The Kier molecular flexibility index (Phi) is 3.80. The van der Waals surface area contributed by atoms with E-state index in [1.807, 2.05) is 74.5 Å². The molecule has 1 aliphatic heterocycles. The Morgan fingerprint density at radius 1 is 1.00 bits per heavy atom. The summed E-state index contributed by atoms with van der Waals surface area (Å²) in [5.74, 6) is -0.00599. The number of hydrogen-bond acceptors (Lipinski definition) is 2. The molecule has 1 atom stereocenters. The number of aliphatic imine (C=N–C) groups is 1. The molecule has 1 unspecified atom stereocenters. The molecule has 2 aromatic carbocycles. The van der Waals surface area contributed by atoms with Crippen molar-refractivity contribution >= 4 is 11.6 Å². The topological polar surface area (TPSA) is 41.5 Å². The number of rotatable bonds is 3. The van der Waals surface area contributed by atoms with Crippen LogP contribution in [0.25, 0.3) is 0 Å². The van der Waals surface area contributed by atoms with E-state index in [2.05, 4.69) is 5.32 Å². The quantitative estimate of drug-likeness (QED) is 0.928. The Morgan fingerprint density at radius 2 is 1.59 bits per heavy atom. The Bertz CT molecular complexity index is 690. The summed E-state index contributed by atoms with van der Waals surface area (Å²) in [4.78, 5) is 17.2. The van der Waals surface area contributed by atoms with Crippen LogP contribution in [0.4, 0.5) is 0 Å². The average molecular weight is 292 g/mol. The second kappa shape index (κ2) is 5.76. The Balaban J connectivity index is 1.95. The van der Waals surface area contributed by atoms with Crippen LogP contribution in [0.15, 0.2) is 65.7 Å². The maximum absolute atomic E-state index is 12.4. The predicted octanol–water partition coefficient (Wildman–Crippen LogP) is 3.00. The molecule has 3 rings (SSSR count). The van der Waals surface area contributed by atoms with E-state index >= 15 is 0 Å². The maximum Gasteiger partial charge on any atom is 0.245 e. The molecule has 0 aliphatic carbocycles. The summed E-state index contributed by atoms with van der Waals surface area (Å²) in [6.07, 6.45) is 0.624. The zero-order chi connectivity index (χ0) is 15.6. The van der Waals surface area contributed by atoms with Crippen LogP contribution in [0.3, 0.4) is 0 Å². The summed E-state index contributed by atoms with van der Waals surface area (Å²) in [5, 5.41) is 3.10. The highest BCUT2D eigenvalue weighted by Crippen LogP contribution is 2.21. The van der Waals surface area contributed by atoms with Gasteiger partial charge in [-0.25, -0.2) is 0 Å². The highest BCUT2D eigenvalue weighted by atomic mass is 16.2. The van der Waals surface area contributed by atoms with E-state index < -0.39 is 5.54 Å². The molecule has 1 amide bonds. The van der Waals surface area contributed by atoms with Gasteiger partial charge in [0.05, 0.1) is 11.3 Å². The van der Waals surface area contributed by atoms with Crippen molar-refractivity contribution < 1.29 is 4.79 Å². The molecular weight excluding hydrogens is 272 g/mol. The highest BCUT2D eigenvalue weighted by molar-refractivity contribution is 6.11. The zero-order valence-corrected chi connectivity index (χ0v) is 12.9. The van der Waals surface area contributed by atoms with Crippen LogP contribution in [0.5, 0.6) is 0 Å². The first-order chi connectivity index (χ1) is 10.6. The van der Waals surface area contributed by atoms with Crippen molar-refractivity contribution in [3.8, 4) is 0 Å². The maximum atomic E-state index is 12.4. The highest BCUT2D eigenvalue weighted by Gasteiger charge is 2.36. The fourth-order valence-electron chi connectivity index (χ4n) is 2.83. The summed E-state index contributed by atoms with van der Waals surface area (Å²) in [6.45, 7) is 3.99. The van der Waals surface area contributed by atoms with Gasteiger partial charge >= 0.3 is 0 Å². The second-order valence-electron chi connectivity index (χ2n) is 6.16. The molecule has 3 heteroatoms. The van der Waals surface area contributed by atoms with Gasteiger partial charge in [0, 0.05) is 6.42 Å². The minimum absolute atomic E-state index is 0.00599. The Labute approximate surface area is 131 Å². The van der Waals surface area contributed by atoms with Gasteiger partial charge in [0.25, 0.3) is 0 Å². The molecule has 22 heavy (non-hydrogen) atoms. The van der Waals surface area contributed by atoms with Crippen LogP contribution in [0, 0.1) is 0 Å². The van der Waals surface area contributed by atoms with Gasteiger partial charge in [0.1, 0.15) is 6.04 Å². The molecular formula is C19H20N2O. The molecule has 1 heterocycles. The molecule has 0 saturated carbocycles. The normalized spacial score (nSPS) is 20.2. The standard InChI is InChI=1S/C19H20N2O/c1-19(2)17(15-11-7-4-8-12-15)20-16(18(22)21-19)13-14-9-5-3-6-10-14/h3-12,16H,13H2,1-2H3,(H,21,22). The molecule has 0 radical (unpaired) electrons. The molecule has 112 valence electrons. The molecule has 0 fully saturated rings. The van der Waals surface area contributed by atoms with Crippen LogP contribution >= 0.6 is 0 Å². The smallest absolute Gasteiger partial charge is 0.245 e. The molecule has 1 N–H and O–H groups in total. The summed E-state index contributed by atoms with van der Waals surface area (Å²) < 4.78 is 0. The van der Waals surface area contributed by atoms with Gasteiger partial charge in [0.15, 0.2) is 0 Å². The van der Waals surface area contributed by atoms with Gasteiger partial charge < -0.3 is 5.32 Å². The number of benzene rings is 2. The van der Waals surface area contributed by atoms with Crippen molar-refractivity contribution in [1.29, 1.82) is 0 Å². The van der Waals surface area contributed by atoms with Gasteiger partial charge in [-0.1, -0.05) is 60.7 Å². The van der Waals surface area contributed by atoms with Crippen molar-refractivity contribution in [2.75, 3.05) is 0 Å². The molecule has 0 bridgehead atoms. The number of nitrogens with one attached hydrogen (secondary N) is 1. The zero-order valence-electron chi connectivity index (χ0n) is 12.9. The van der Waals surface area contributed by atoms with E-state index in [0.29, 0.717) is 6.42 Å². The monoisotopic (exact) mass is 292 g/mol. The molecule has 1 aliphatic rings. The summed E-state index contributed by atoms with van der Waals surface area (Å²) in [7, 11) is 0. The second-order valence-corrected chi connectivity index (χ2v) is 6.16. The number of nitrogens with zero attached hydrogens (tertiary/aromatic N) is 1. The van der Waals surface area contributed by atoms with E-state index in [9.17, 15) is 4.79 Å². The van der Waals surface area contributed by atoms with Crippen molar-refractivity contribution in [1.82, 2.24) is 5.32 Å². The van der Waals surface area contributed by atoms with E-state index in [4.69, 9.17) is 4.99 Å². The third-order valence-corrected chi connectivity index (χ3v) is 3.93. The van der Waals surface area contributed by atoms with Crippen molar-refractivity contribution in [2.45, 2.75) is 31.8 Å². The van der Waals surface area contributed by atoms with Crippen LogP contribution in [0.2, 0.25) is 0 Å². The van der Waals surface area contributed by atoms with Gasteiger partial charge in [-0.3, -0.25) is 9.79 Å². The number of carbonyl (C=O) groups excluding carboxylic acids is 1.